The number of rotatable bonds is 5. The van der Waals surface area contributed by atoms with Gasteiger partial charge in [-0.15, -0.1) is 0 Å². The van der Waals surface area contributed by atoms with Gasteiger partial charge in [-0.05, 0) is 30.1 Å². The summed E-state index contributed by atoms with van der Waals surface area (Å²) in [5, 5.41) is 16.3. The quantitative estimate of drug-likeness (QED) is 0.247. The monoisotopic (exact) mass is 397 g/mol. The third kappa shape index (κ3) is 2.43. The lowest BCUT2D eigenvalue weighted by Gasteiger charge is -2.37. The van der Waals surface area contributed by atoms with E-state index in [0.29, 0.717) is 11.8 Å². The second-order valence-corrected chi connectivity index (χ2v) is 7.91. The summed E-state index contributed by atoms with van der Waals surface area (Å²) in [5.41, 5.74) is 0.0178. The smallest absolute Gasteiger partial charge is 0.311 e. The number of carbonyl (C=O) groups is 2. The van der Waals surface area contributed by atoms with Crippen LogP contribution in [0, 0.1) is 45.6 Å². The molecule has 6 rings (SSSR count). The second-order valence-electron chi connectivity index (χ2n) is 7.91. The van der Waals surface area contributed by atoms with Crippen molar-refractivity contribution in [2.45, 2.75) is 6.42 Å². The minimum atomic E-state index is -0.577. The Bertz CT molecular complexity index is 966. The normalized spacial score (nSPS) is 33.8. The van der Waals surface area contributed by atoms with E-state index in [2.05, 4.69) is 17.3 Å². The summed E-state index contributed by atoms with van der Waals surface area (Å²) in [7, 11) is 2.74. The lowest BCUT2D eigenvalue weighted by atomic mass is 9.63. The van der Waals surface area contributed by atoms with Gasteiger partial charge in [-0.3, -0.25) is 19.7 Å². The van der Waals surface area contributed by atoms with Crippen LogP contribution >= 0.6 is 0 Å². The summed E-state index contributed by atoms with van der Waals surface area (Å²) >= 11 is 0. The van der Waals surface area contributed by atoms with Crippen molar-refractivity contribution in [3.63, 3.8) is 0 Å². The van der Waals surface area contributed by atoms with Crippen molar-refractivity contribution in [2.75, 3.05) is 14.2 Å². The highest BCUT2D eigenvalue weighted by molar-refractivity contribution is 6.06. The Morgan fingerprint density at radius 3 is 2.17 bits per heavy atom. The van der Waals surface area contributed by atoms with Gasteiger partial charge in [0.2, 0.25) is 5.75 Å². The molecule has 0 unspecified atom stereocenters. The number of hydrogen-bond acceptors (Lipinski definition) is 7. The number of nitrogens with zero attached hydrogens (tertiary/aromatic N) is 3. The van der Waals surface area contributed by atoms with E-state index in [1.165, 1.54) is 32.6 Å². The zero-order chi connectivity index (χ0) is 20.4. The molecule has 9 nitrogen and oxygen atoms in total. The molecule has 2 amide bonds. The molecule has 1 heterocycles. The summed E-state index contributed by atoms with van der Waals surface area (Å²) in [5.74, 6) is 0.321. The molecular formula is C20H19N3O6. The Balaban J connectivity index is 1.47. The first-order valence-corrected chi connectivity index (χ1v) is 9.46. The van der Waals surface area contributed by atoms with Gasteiger partial charge in [0.05, 0.1) is 37.2 Å². The number of ether oxygens (including phenoxy) is 2. The number of carbonyl (C=O) groups excluding carboxylic acids is 2. The van der Waals surface area contributed by atoms with E-state index >= 15 is 0 Å². The average Bonchev–Trinajstić information content (AvgIpc) is 3.50. The largest absolute Gasteiger partial charge is 0.496 e. The SMILES string of the molecule is COc1cc(OC)c([N+](=O)[O-])cc1/C=N/N1C(=O)[C@@H]2[C@@H]3C=C[C@H]([C@H]4C[C@H]34)[C@@H]2C1=O. The summed E-state index contributed by atoms with van der Waals surface area (Å²) in [6.45, 7) is 0. The molecule has 0 spiro atoms. The number of nitro benzene ring substituents is 1. The predicted molar refractivity (Wildman–Crippen MR) is 100 cm³/mol. The van der Waals surface area contributed by atoms with Gasteiger partial charge in [-0.1, -0.05) is 12.2 Å². The molecule has 0 radical (unpaired) electrons. The van der Waals surface area contributed by atoms with E-state index < -0.39 is 4.92 Å². The van der Waals surface area contributed by atoms with E-state index in [9.17, 15) is 19.7 Å². The molecule has 1 saturated heterocycles. The lowest BCUT2D eigenvalue weighted by molar-refractivity contribution is -0.385. The van der Waals surface area contributed by atoms with Crippen molar-refractivity contribution in [3.8, 4) is 11.5 Å². The first-order valence-electron chi connectivity index (χ1n) is 9.46. The van der Waals surface area contributed by atoms with Crippen LogP contribution in [0.2, 0.25) is 0 Å². The fourth-order valence-corrected chi connectivity index (χ4v) is 5.32. The van der Waals surface area contributed by atoms with Crippen molar-refractivity contribution in [3.05, 3.63) is 40.0 Å². The number of hydrazone groups is 1. The molecule has 2 saturated carbocycles. The Labute approximate surface area is 166 Å². The Morgan fingerprint density at radius 1 is 1.07 bits per heavy atom. The Kier molecular flexibility index (Phi) is 3.77. The fraction of sp³-hybridized carbons (Fsp3) is 0.450. The maximum absolute atomic E-state index is 13.0. The fourth-order valence-electron chi connectivity index (χ4n) is 5.32. The number of amides is 2. The molecule has 5 aliphatic rings. The van der Waals surface area contributed by atoms with Gasteiger partial charge >= 0.3 is 5.69 Å². The number of methoxy groups -OCH3 is 2. The summed E-state index contributed by atoms with van der Waals surface area (Å²) in [6, 6.07) is 2.63. The predicted octanol–water partition coefficient (Wildman–Crippen LogP) is 2.00. The highest BCUT2D eigenvalue weighted by atomic mass is 16.6. The van der Waals surface area contributed by atoms with Crippen molar-refractivity contribution >= 4 is 23.7 Å². The van der Waals surface area contributed by atoms with Crippen molar-refractivity contribution in [1.82, 2.24) is 5.01 Å². The molecule has 1 aromatic rings. The van der Waals surface area contributed by atoms with Crippen LogP contribution < -0.4 is 9.47 Å². The Morgan fingerprint density at radius 2 is 1.66 bits per heavy atom. The minimum absolute atomic E-state index is 0.0465. The zero-order valence-electron chi connectivity index (χ0n) is 15.8. The molecule has 150 valence electrons. The molecule has 1 aliphatic heterocycles. The van der Waals surface area contributed by atoms with E-state index in [1.54, 1.807) is 0 Å². The number of benzene rings is 1. The molecule has 0 aromatic heterocycles. The van der Waals surface area contributed by atoms with Crippen LogP contribution in [0.1, 0.15) is 12.0 Å². The summed E-state index contributed by atoms with van der Waals surface area (Å²) < 4.78 is 10.3. The molecular weight excluding hydrogens is 378 g/mol. The van der Waals surface area contributed by atoms with Crippen LogP contribution in [0.5, 0.6) is 11.5 Å². The summed E-state index contributed by atoms with van der Waals surface area (Å²) in [4.78, 5) is 36.6. The van der Waals surface area contributed by atoms with Crippen LogP contribution in [0.25, 0.3) is 0 Å². The molecule has 2 bridgehead atoms. The van der Waals surface area contributed by atoms with Crippen molar-refractivity contribution < 1.29 is 24.0 Å². The third-order valence-electron chi connectivity index (χ3n) is 6.68. The van der Waals surface area contributed by atoms with Gasteiger partial charge in [-0.2, -0.15) is 10.1 Å². The van der Waals surface area contributed by atoms with Gasteiger partial charge < -0.3 is 9.47 Å². The molecule has 6 atom stereocenters. The maximum Gasteiger partial charge on any atom is 0.311 e. The number of imide groups is 1. The first-order chi connectivity index (χ1) is 14.0. The molecule has 1 aromatic carbocycles. The van der Waals surface area contributed by atoms with Gasteiger partial charge in [0.15, 0.2) is 0 Å². The lowest BCUT2D eigenvalue weighted by Crippen LogP contribution is -2.40. The first kappa shape index (κ1) is 17.8. The van der Waals surface area contributed by atoms with Crippen LogP contribution in [0.15, 0.2) is 29.4 Å². The van der Waals surface area contributed by atoms with E-state index in [0.717, 1.165) is 11.4 Å². The van der Waals surface area contributed by atoms with Crippen molar-refractivity contribution in [2.24, 2.45) is 40.6 Å². The van der Waals surface area contributed by atoms with Crippen LogP contribution in [0.3, 0.4) is 0 Å². The molecule has 9 heteroatoms. The van der Waals surface area contributed by atoms with Crippen LogP contribution in [-0.4, -0.2) is 42.2 Å². The summed E-state index contributed by atoms with van der Waals surface area (Å²) in [6.07, 6.45) is 6.53. The van der Waals surface area contributed by atoms with E-state index in [1.807, 2.05) is 0 Å². The number of hydrogen-bond donors (Lipinski definition) is 0. The average molecular weight is 397 g/mol. The number of allylic oxidation sites excluding steroid dienone is 2. The second kappa shape index (κ2) is 6.13. The van der Waals surface area contributed by atoms with Gasteiger partial charge in [0.1, 0.15) is 5.75 Å². The maximum atomic E-state index is 13.0. The number of nitro groups is 1. The van der Waals surface area contributed by atoms with Crippen molar-refractivity contribution in [1.29, 1.82) is 0 Å². The zero-order valence-corrected chi connectivity index (χ0v) is 15.8. The Hall–Kier alpha value is -3.23. The topological polar surface area (TPSA) is 111 Å². The molecule has 0 N–H and O–H groups in total. The van der Waals surface area contributed by atoms with Gasteiger partial charge in [-0.25, -0.2) is 0 Å². The van der Waals surface area contributed by atoms with Crippen LogP contribution in [0.4, 0.5) is 5.69 Å². The molecule has 3 fully saturated rings. The highest BCUT2D eigenvalue weighted by Gasteiger charge is 2.67. The van der Waals surface area contributed by atoms with Gasteiger partial charge in [0.25, 0.3) is 11.8 Å². The highest BCUT2D eigenvalue weighted by Crippen LogP contribution is 2.65. The standard InChI is InChI=1S/C20H19N3O6/c1-28-15-7-16(29-2)14(23(26)27)5-9(15)8-21-22-19(24)17-10-3-4-11(13-6-12(10)13)18(17)20(22)25/h3-5,7-8,10-13,17-18H,6H2,1-2H3/b21-8+/t10-,11-,12-,13-,17-,18+/m1/s1. The van der Waals surface area contributed by atoms with Crippen LogP contribution in [-0.2, 0) is 9.59 Å². The molecule has 4 aliphatic carbocycles. The molecule has 29 heavy (non-hydrogen) atoms. The van der Waals surface area contributed by atoms with E-state index in [4.69, 9.17) is 9.47 Å². The van der Waals surface area contributed by atoms with E-state index in [-0.39, 0.29) is 58.2 Å². The third-order valence-corrected chi connectivity index (χ3v) is 6.68. The van der Waals surface area contributed by atoms with Gasteiger partial charge in [0, 0.05) is 17.7 Å². The minimum Gasteiger partial charge on any atom is -0.496 e.